The van der Waals surface area contributed by atoms with Gasteiger partial charge in [-0.1, -0.05) is 17.7 Å². The average Bonchev–Trinajstić information content (AvgIpc) is 2.45. The second-order valence-corrected chi connectivity index (χ2v) is 5.45. The average molecular weight is 335 g/mol. The van der Waals surface area contributed by atoms with Gasteiger partial charge >= 0.3 is 6.18 Å². The molecule has 8 heteroatoms. The van der Waals surface area contributed by atoms with Crippen molar-refractivity contribution in [1.29, 1.82) is 0 Å². The summed E-state index contributed by atoms with van der Waals surface area (Å²) in [6.07, 6.45) is -3.03. The first kappa shape index (κ1) is 16.6. The minimum Gasteiger partial charge on any atom is -0.350 e. The van der Waals surface area contributed by atoms with Crippen molar-refractivity contribution in [3.63, 3.8) is 0 Å². The molecular weight excluding hydrogens is 321 g/mol. The van der Waals surface area contributed by atoms with Crippen molar-refractivity contribution < 1.29 is 22.8 Å². The first-order valence-corrected chi connectivity index (χ1v) is 7.08. The molecule has 0 spiro atoms. The van der Waals surface area contributed by atoms with Crippen molar-refractivity contribution >= 4 is 23.4 Å². The van der Waals surface area contributed by atoms with Crippen LogP contribution in [0.2, 0.25) is 5.02 Å². The zero-order chi connectivity index (χ0) is 16.3. The molecular formula is C14H14ClF3N2O2. The zero-order valence-electron chi connectivity index (χ0n) is 11.5. The number of hydrogen-bond donors (Lipinski definition) is 2. The monoisotopic (exact) mass is 334 g/mol. The van der Waals surface area contributed by atoms with E-state index >= 15 is 0 Å². The number of hydrogen-bond acceptors (Lipinski definition) is 2. The molecule has 22 heavy (non-hydrogen) atoms. The molecule has 0 saturated carbocycles. The van der Waals surface area contributed by atoms with Gasteiger partial charge in [-0.3, -0.25) is 9.59 Å². The van der Waals surface area contributed by atoms with E-state index in [1.165, 1.54) is 6.07 Å². The molecule has 1 heterocycles. The van der Waals surface area contributed by atoms with E-state index in [-0.39, 0.29) is 23.0 Å². The number of nitrogens with one attached hydrogen (secondary N) is 2. The third-order valence-electron chi connectivity index (χ3n) is 3.35. The molecule has 0 aliphatic carbocycles. The van der Waals surface area contributed by atoms with Crippen LogP contribution in [0, 0.1) is 0 Å². The van der Waals surface area contributed by atoms with Gasteiger partial charge in [0.2, 0.25) is 11.8 Å². The van der Waals surface area contributed by atoms with Crippen LogP contribution in [0.5, 0.6) is 0 Å². The molecule has 1 aromatic rings. The summed E-state index contributed by atoms with van der Waals surface area (Å²) in [6, 6.07) is 2.84. The van der Waals surface area contributed by atoms with Gasteiger partial charge in [-0.25, -0.2) is 0 Å². The fourth-order valence-corrected chi connectivity index (χ4v) is 2.44. The Kier molecular flexibility index (Phi) is 4.95. The van der Waals surface area contributed by atoms with Gasteiger partial charge in [-0.05, 0) is 30.5 Å². The number of carbonyl (C=O) groups is 2. The Morgan fingerprint density at radius 3 is 2.77 bits per heavy atom. The maximum atomic E-state index is 12.7. The van der Waals surface area contributed by atoms with E-state index in [0.29, 0.717) is 19.3 Å². The highest BCUT2D eigenvalue weighted by atomic mass is 35.5. The number of amides is 2. The Morgan fingerprint density at radius 1 is 1.41 bits per heavy atom. The van der Waals surface area contributed by atoms with Crippen molar-refractivity contribution in [3.05, 3.63) is 34.3 Å². The lowest BCUT2D eigenvalue weighted by Crippen LogP contribution is -2.48. The van der Waals surface area contributed by atoms with E-state index in [0.717, 1.165) is 12.1 Å². The lowest BCUT2D eigenvalue weighted by Gasteiger charge is -2.22. The minimum atomic E-state index is -4.55. The highest BCUT2D eigenvalue weighted by Crippen LogP contribution is 2.35. The van der Waals surface area contributed by atoms with Crippen LogP contribution in [0.1, 0.15) is 30.4 Å². The highest BCUT2D eigenvalue weighted by Gasteiger charge is 2.33. The lowest BCUT2D eigenvalue weighted by molar-refractivity contribution is -0.137. The molecule has 1 aromatic carbocycles. The molecule has 1 aliphatic heterocycles. The third-order valence-corrected chi connectivity index (χ3v) is 3.68. The Morgan fingerprint density at radius 2 is 2.14 bits per heavy atom. The summed E-state index contributed by atoms with van der Waals surface area (Å²) in [5.74, 6) is -0.603. The molecule has 1 atom stereocenters. The normalized spacial score (nSPS) is 18.7. The highest BCUT2D eigenvalue weighted by molar-refractivity contribution is 6.31. The summed E-state index contributed by atoms with van der Waals surface area (Å²) in [7, 11) is 0. The molecule has 1 fully saturated rings. The van der Waals surface area contributed by atoms with E-state index in [1.807, 2.05) is 0 Å². The van der Waals surface area contributed by atoms with Crippen molar-refractivity contribution in [3.8, 4) is 0 Å². The van der Waals surface area contributed by atoms with Crippen molar-refractivity contribution in [2.45, 2.75) is 38.0 Å². The molecule has 1 aliphatic rings. The predicted molar refractivity (Wildman–Crippen MR) is 74.1 cm³/mol. The molecule has 2 amide bonds. The Bertz CT molecular complexity index is 590. The van der Waals surface area contributed by atoms with Gasteiger partial charge in [0.05, 0.1) is 10.6 Å². The van der Waals surface area contributed by atoms with Crippen LogP contribution < -0.4 is 10.6 Å². The van der Waals surface area contributed by atoms with Crippen LogP contribution in [0.3, 0.4) is 0 Å². The maximum Gasteiger partial charge on any atom is 0.417 e. The minimum absolute atomic E-state index is 0.0640. The molecule has 0 radical (unpaired) electrons. The van der Waals surface area contributed by atoms with Crippen LogP contribution in [0.25, 0.3) is 0 Å². The lowest BCUT2D eigenvalue weighted by atomic mass is 10.0. The Labute approximate surface area is 130 Å². The van der Waals surface area contributed by atoms with E-state index < -0.39 is 23.7 Å². The standard InChI is InChI=1S/C14H14ClF3N2O2/c15-10-5-4-8(6-9(10)14(16,17)18)7-19-13(22)11-2-1-3-12(21)20-11/h4-6,11H,1-3,7H2,(H,19,22)(H,20,21)/t11-/m1/s1. The second-order valence-electron chi connectivity index (χ2n) is 5.04. The number of alkyl halides is 3. The molecule has 2 rings (SSSR count). The Balaban J connectivity index is 1.99. The quantitative estimate of drug-likeness (QED) is 0.893. The van der Waals surface area contributed by atoms with Crippen LogP contribution in [0.15, 0.2) is 18.2 Å². The summed E-state index contributed by atoms with van der Waals surface area (Å²) in [5, 5.41) is 4.68. The fourth-order valence-electron chi connectivity index (χ4n) is 2.21. The third kappa shape index (κ3) is 4.13. The van der Waals surface area contributed by atoms with Crippen molar-refractivity contribution in [2.75, 3.05) is 0 Å². The van der Waals surface area contributed by atoms with E-state index in [4.69, 9.17) is 11.6 Å². The van der Waals surface area contributed by atoms with E-state index in [2.05, 4.69) is 10.6 Å². The number of rotatable bonds is 3. The molecule has 120 valence electrons. The zero-order valence-corrected chi connectivity index (χ0v) is 12.2. The maximum absolute atomic E-state index is 12.7. The van der Waals surface area contributed by atoms with Crippen LogP contribution >= 0.6 is 11.6 Å². The fraction of sp³-hybridized carbons (Fsp3) is 0.429. The number of halogens is 4. The number of piperidine rings is 1. The van der Waals surface area contributed by atoms with E-state index in [9.17, 15) is 22.8 Å². The summed E-state index contributed by atoms with van der Waals surface area (Å²) in [6.45, 7) is -0.0640. The molecule has 0 bridgehead atoms. The molecule has 0 aromatic heterocycles. The summed E-state index contributed by atoms with van der Waals surface area (Å²) < 4.78 is 38.2. The number of carbonyl (C=O) groups excluding carboxylic acids is 2. The summed E-state index contributed by atoms with van der Waals surface area (Å²) in [5.41, 5.74) is -0.654. The molecule has 2 N–H and O–H groups in total. The largest absolute Gasteiger partial charge is 0.417 e. The van der Waals surface area contributed by atoms with Crippen LogP contribution in [-0.2, 0) is 22.3 Å². The topological polar surface area (TPSA) is 58.2 Å². The Hall–Kier alpha value is -1.76. The first-order valence-electron chi connectivity index (χ1n) is 6.70. The van der Waals surface area contributed by atoms with Gasteiger partial charge in [0.15, 0.2) is 0 Å². The van der Waals surface area contributed by atoms with Gasteiger partial charge < -0.3 is 10.6 Å². The summed E-state index contributed by atoms with van der Waals surface area (Å²) >= 11 is 5.53. The SMILES string of the molecule is O=C1CCC[C@H](C(=O)NCc2ccc(Cl)c(C(F)(F)F)c2)N1. The van der Waals surface area contributed by atoms with Gasteiger partial charge in [-0.2, -0.15) is 13.2 Å². The van der Waals surface area contributed by atoms with Crippen molar-refractivity contribution in [2.24, 2.45) is 0 Å². The van der Waals surface area contributed by atoms with Crippen LogP contribution in [-0.4, -0.2) is 17.9 Å². The molecule has 0 unspecified atom stereocenters. The van der Waals surface area contributed by atoms with Crippen molar-refractivity contribution in [1.82, 2.24) is 10.6 Å². The second kappa shape index (κ2) is 6.56. The van der Waals surface area contributed by atoms with Gasteiger partial charge in [0.25, 0.3) is 0 Å². The first-order chi connectivity index (χ1) is 10.3. The summed E-state index contributed by atoms with van der Waals surface area (Å²) in [4.78, 5) is 23.1. The number of benzene rings is 1. The van der Waals surface area contributed by atoms with Crippen LogP contribution in [0.4, 0.5) is 13.2 Å². The predicted octanol–water partition coefficient (Wildman–Crippen LogP) is 2.64. The van der Waals surface area contributed by atoms with Gasteiger partial charge in [-0.15, -0.1) is 0 Å². The smallest absolute Gasteiger partial charge is 0.350 e. The van der Waals surface area contributed by atoms with E-state index in [1.54, 1.807) is 0 Å². The molecule has 1 saturated heterocycles. The van der Waals surface area contributed by atoms with Gasteiger partial charge in [0.1, 0.15) is 6.04 Å². The van der Waals surface area contributed by atoms with Gasteiger partial charge in [0, 0.05) is 13.0 Å². The molecule has 4 nitrogen and oxygen atoms in total.